The largest absolute Gasteiger partial charge is 0.362 e. The fourth-order valence-electron chi connectivity index (χ4n) is 4.43. The molecule has 1 unspecified atom stereocenters. The SMILES string of the molecule is CC(CC(=O)N1CCC2(CC1)NC(=O)c1ccccc1N2)n1nnc2ccccc21. The molecule has 30 heavy (non-hydrogen) atoms. The van der Waals surface area contributed by atoms with Crippen LogP contribution in [0.5, 0.6) is 0 Å². The normalized spacial score (nSPS) is 18.6. The number of anilines is 1. The molecule has 2 N–H and O–H groups in total. The summed E-state index contributed by atoms with van der Waals surface area (Å²) in [5.74, 6) is 0.0373. The van der Waals surface area contributed by atoms with Gasteiger partial charge >= 0.3 is 0 Å². The Bertz CT molecular complexity index is 1120. The molecule has 154 valence electrons. The predicted octanol–water partition coefficient (Wildman–Crippen LogP) is 2.56. The number of fused-ring (bicyclic) bond motifs is 2. The number of carbonyl (C=O) groups is 2. The second-order valence-corrected chi connectivity index (χ2v) is 8.16. The number of para-hydroxylation sites is 2. The highest BCUT2D eigenvalue weighted by Gasteiger charge is 2.41. The van der Waals surface area contributed by atoms with Crippen molar-refractivity contribution in [3.8, 4) is 0 Å². The van der Waals surface area contributed by atoms with Crippen LogP contribution in [-0.4, -0.2) is 50.5 Å². The number of aromatic nitrogens is 3. The zero-order chi connectivity index (χ0) is 20.7. The van der Waals surface area contributed by atoms with E-state index in [2.05, 4.69) is 20.9 Å². The molecule has 5 rings (SSSR count). The minimum atomic E-state index is -0.490. The van der Waals surface area contributed by atoms with Crippen LogP contribution in [0.3, 0.4) is 0 Å². The van der Waals surface area contributed by atoms with Crippen LogP contribution in [0.25, 0.3) is 11.0 Å². The van der Waals surface area contributed by atoms with Gasteiger partial charge < -0.3 is 15.5 Å². The van der Waals surface area contributed by atoms with Gasteiger partial charge in [0.15, 0.2) is 0 Å². The molecule has 2 amide bonds. The van der Waals surface area contributed by atoms with Crippen molar-refractivity contribution in [2.45, 2.75) is 37.9 Å². The lowest BCUT2D eigenvalue weighted by Crippen LogP contribution is -2.62. The third-order valence-corrected chi connectivity index (χ3v) is 6.13. The number of nitrogens with zero attached hydrogens (tertiary/aromatic N) is 4. The highest BCUT2D eigenvalue weighted by molar-refractivity contribution is 6.02. The Morgan fingerprint density at radius 3 is 2.67 bits per heavy atom. The van der Waals surface area contributed by atoms with E-state index in [9.17, 15) is 9.59 Å². The van der Waals surface area contributed by atoms with Crippen LogP contribution in [-0.2, 0) is 4.79 Å². The van der Waals surface area contributed by atoms with Crippen LogP contribution in [0, 0.1) is 0 Å². The van der Waals surface area contributed by atoms with Crippen LogP contribution in [0.1, 0.15) is 42.6 Å². The summed E-state index contributed by atoms with van der Waals surface area (Å²) in [5.41, 5.74) is 2.79. The molecule has 0 bridgehead atoms. The summed E-state index contributed by atoms with van der Waals surface area (Å²) in [4.78, 5) is 27.3. The van der Waals surface area contributed by atoms with E-state index in [1.165, 1.54) is 0 Å². The first-order valence-electron chi connectivity index (χ1n) is 10.3. The molecule has 2 aliphatic heterocycles. The quantitative estimate of drug-likeness (QED) is 0.700. The van der Waals surface area contributed by atoms with Crippen LogP contribution < -0.4 is 10.6 Å². The Morgan fingerprint density at radius 2 is 1.83 bits per heavy atom. The lowest BCUT2D eigenvalue weighted by atomic mass is 9.92. The average Bonchev–Trinajstić information content (AvgIpc) is 3.18. The molecule has 0 radical (unpaired) electrons. The van der Waals surface area contributed by atoms with Gasteiger partial charge in [-0.2, -0.15) is 0 Å². The van der Waals surface area contributed by atoms with Crippen LogP contribution in [0.2, 0.25) is 0 Å². The zero-order valence-electron chi connectivity index (χ0n) is 16.8. The molecular weight excluding hydrogens is 380 g/mol. The Morgan fingerprint density at radius 1 is 1.10 bits per heavy atom. The molecule has 2 aliphatic rings. The fourth-order valence-corrected chi connectivity index (χ4v) is 4.43. The summed E-state index contributed by atoms with van der Waals surface area (Å²) < 4.78 is 1.82. The average molecular weight is 404 g/mol. The Kier molecular flexibility index (Phi) is 4.42. The van der Waals surface area contributed by atoms with E-state index in [4.69, 9.17) is 0 Å². The Labute approximate surface area is 174 Å². The topological polar surface area (TPSA) is 92.2 Å². The van der Waals surface area contributed by atoms with E-state index in [0.29, 0.717) is 37.9 Å². The van der Waals surface area contributed by atoms with Crippen LogP contribution >= 0.6 is 0 Å². The number of piperidine rings is 1. The van der Waals surface area contributed by atoms with E-state index in [0.717, 1.165) is 16.7 Å². The molecule has 1 aromatic heterocycles. The van der Waals surface area contributed by atoms with Gasteiger partial charge in [0.25, 0.3) is 5.91 Å². The highest BCUT2D eigenvalue weighted by Crippen LogP contribution is 2.31. The molecule has 8 heteroatoms. The molecular formula is C22H24N6O2. The summed E-state index contributed by atoms with van der Waals surface area (Å²) >= 11 is 0. The van der Waals surface area contributed by atoms with E-state index in [-0.39, 0.29) is 17.9 Å². The third kappa shape index (κ3) is 3.18. The van der Waals surface area contributed by atoms with Crippen molar-refractivity contribution >= 4 is 28.5 Å². The molecule has 1 fully saturated rings. The maximum absolute atomic E-state index is 12.9. The number of nitrogens with one attached hydrogen (secondary N) is 2. The maximum atomic E-state index is 12.9. The monoisotopic (exact) mass is 404 g/mol. The summed E-state index contributed by atoms with van der Waals surface area (Å²) in [6.45, 7) is 3.18. The molecule has 3 aromatic rings. The molecule has 1 saturated heterocycles. The molecule has 3 heterocycles. The number of carbonyl (C=O) groups excluding carboxylic acids is 2. The molecule has 0 aliphatic carbocycles. The first-order valence-corrected chi connectivity index (χ1v) is 10.3. The van der Waals surface area contributed by atoms with Crippen molar-refractivity contribution in [2.24, 2.45) is 0 Å². The Balaban J connectivity index is 1.24. The minimum Gasteiger partial charge on any atom is -0.362 e. The first kappa shape index (κ1) is 18.6. The molecule has 2 aromatic carbocycles. The zero-order valence-corrected chi connectivity index (χ0v) is 16.8. The minimum absolute atomic E-state index is 0.0594. The number of rotatable bonds is 3. The lowest BCUT2D eigenvalue weighted by molar-refractivity contribution is -0.133. The van der Waals surface area contributed by atoms with Gasteiger partial charge in [-0.15, -0.1) is 5.10 Å². The second kappa shape index (κ2) is 7.12. The molecule has 1 spiro atoms. The van der Waals surface area contributed by atoms with Gasteiger partial charge in [-0.05, 0) is 31.2 Å². The predicted molar refractivity (Wildman–Crippen MR) is 113 cm³/mol. The Hall–Kier alpha value is -3.42. The summed E-state index contributed by atoms with van der Waals surface area (Å²) in [6, 6.07) is 15.2. The molecule has 0 saturated carbocycles. The first-order chi connectivity index (χ1) is 14.5. The number of likely N-dealkylation sites (tertiary alicyclic amines) is 1. The maximum Gasteiger partial charge on any atom is 0.255 e. The third-order valence-electron chi connectivity index (χ3n) is 6.13. The van der Waals surface area contributed by atoms with Gasteiger partial charge in [-0.25, -0.2) is 4.68 Å². The van der Waals surface area contributed by atoms with Gasteiger partial charge in [-0.1, -0.05) is 29.5 Å². The number of benzene rings is 2. The van der Waals surface area contributed by atoms with Gasteiger partial charge in [0.1, 0.15) is 11.2 Å². The van der Waals surface area contributed by atoms with Crippen molar-refractivity contribution in [2.75, 3.05) is 18.4 Å². The second-order valence-electron chi connectivity index (χ2n) is 8.16. The van der Waals surface area contributed by atoms with Gasteiger partial charge in [0.2, 0.25) is 5.91 Å². The van der Waals surface area contributed by atoms with Crippen molar-refractivity contribution in [3.05, 3.63) is 54.1 Å². The number of hydrogen-bond donors (Lipinski definition) is 2. The summed E-state index contributed by atoms with van der Waals surface area (Å²) in [7, 11) is 0. The van der Waals surface area contributed by atoms with Crippen LogP contribution in [0.4, 0.5) is 5.69 Å². The van der Waals surface area contributed by atoms with Crippen molar-refractivity contribution in [3.63, 3.8) is 0 Å². The summed E-state index contributed by atoms with van der Waals surface area (Å²) in [5, 5.41) is 15.0. The van der Waals surface area contributed by atoms with Gasteiger partial charge in [0, 0.05) is 38.0 Å². The highest BCUT2D eigenvalue weighted by atomic mass is 16.2. The number of hydrogen-bond acceptors (Lipinski definition) is 5. The number of amides is 2. The van der Waals surface area contributed by atoms with Gasteiger partial charge in [-0.3, -0.25) is 9.59 Å². The lowest BCUT2D eigenvalue weighted by Gasteiger charge is -2.46. The van der Waals surface area contributed by atoms with Crippen LogP contribution in [0.15, 0.2) is 48.5 Å². The van der Waals surface area contributed by atoms with Gasteiger partial charge in [0.05, 0.1) is 17.1 Å². The van der Waals surface area contributed by atoms with E-state index in [1.54, 1.807) is 0 Å². The molecule has 8 nitrogen and oxygen atoms in total. The van der Waals surface area contributed by atoms with Crippen molar-refractivity contribution in [1.82, 2.24) is 25.2 Å². The smallest absolute Gasteiger partial charge is 0.255 e. The fraction of sp³-hybridized carbons (Fsp3) is 0.364. The van der Waals surface area contributed by atoms with E-state index >= 15 is 0 Å². The standard InChI is InChI=1S/C22H24N6O2/c1-15(28-19-9-5-4-8-18(19)25-26-28)14-20(29)27-12-10-22(11-13-27)23-17-7-3-2-6-16(17)21(30)24-22/h2-9,15,23H,10-14H2,1H3,(H,24,30). The van der Waals surface area contributed by atoms with E-state index < -0.39 is 5.66 Å². The summed E-state index contributed by atoms with van der Waals surface area (Å²) in [6.07, 6.45) is 1.70. The van der Waals surface area contributed by atoms with Crippen molar-refractivity contribution in [1.29, 1.82) is 0 Å². The van der Waals surface area contributed by atoms with E-state index in [1.807, 2.05) is 65.0 Å². The molecule has 1 atom stereocenters. The van der Waals surface area contributed by atoms with Crippen molar-refractivity contribution < 1.29 is 9.59 Å².